The maximum Gasteiger partial charge on any atom is 0.338 e. The monoisotopic (exact) mass is 670 g/mol. The quantitative estimate of drug-likeness (QED) is 0.0872. The first kappa shape index (κ1) is 35.1. The van der Waals surface area contributed by atoms with Crippen molar-refractivity contribution in [3.63, 3.8) is 0 Å². The van der Waals surface area contributed by atoms with Crippen molar-refractivity contribution >= 4 is 26.0 Å². The van der Waals surface area contributed by atoms with E-state index in [0.29, 0.717) is 25.4 Å². The van der Waals surface area contributed by atoms with Crippen LogP contribution in [0.4, 0.5) is 0 Å². The lowest BCUT2D eigenvalue weighted by Gasteiger charge is -2.46. The molecule has 6 nitrogen and oxygen atoms in total. The molecule has 4 aromatic carbocycles. The summed E-state index contributed by atoms with van der Waals surface area (Å²) in [5.41, 5.74) is 1.95. The topological polar surface area (TPSA) is 63.2 Å². The predicted molar refractivity (Wildman–Crippen MR) is 190 cm³/mol. The van der Waals surface area contributed by atoms with Gasteiger partial charge in [-0.1, -0.05) is 130 Å². The van der Waals surface area contributed by atoms with Gasteiger partial charge in [-0.3, -0.25) is 0 Å². The second kappa shape index (κ2) is 17.8. The Hall–Kier alpha value is -3.24. The van der Waals surface area contributed by atoms with Crippen LogP contribution in [0.3, 0.4) is 0 Å². The molecule has 1 saturated heterocycles. The van der Waals surface area contributed by atoms with E-state index in [-0.39, 0.29) is 0 Å². The molecule has 1 fully saturated rings. The van der Waals surface area contributed by atoms with Crippen LogP contribution in [0.1, 0.15) is 42.3 Å². The normalized spacial score (nSPS) is 21.3. The van der Waals surface area contributed by atoms with E-state index in [1.165, 1.54) is 11.8 Å². The highest BCUT2D eigenvalue weighted by Gasteiger charge is 2.50. The fourth-order valence-corrected chi connectivity index (χ4v) is 9.63. The molecule has 1 aliphatic rings. The Balaban J connectivity index is 1.53. The summed E-state index contributed by atoms with van der Waals surface area (Å²) in [6.45, 7) is 7.72. The summed E-state index contributed by atoms with van der Waals surface area (Å²) in [6, 6.07) is 42.3. The lowest BCUT2D eigenvalue weighted by Crippen LogP contribution is -2.61. The van der Waals surface area contributed by atoms with Gasteiger partial charge in [-0.15, -0.1) is 0 Å². The Labute approximate surface area is 284 Å². The van der Waals surface area contributed by atoms with Gasteiger partial charge >= 0.3 is 5.97 Å². The van der Waals surface area contributed by atoms with Gasteiger partial charge < -0.3 is 23.4 Å². The van der Waals surface area contributed by atoms with Gasteiger partial charge in [0, 0.05) is 4.90 Å². The molecule has 0 aliphatic carbocycles. The Morgan fingerprint density at radius 3 is 1.68 bits per heavy atom. The summed E-state index contributed by atoms with van der Waals surface area (Å²) in [6.07, 6.45) is -2.45. The number of hydrogen-bond acceptors (Lipinski definition) is 7. The highest BCUT2D eigenvalue weighted by molar-refractivity contribution is 7.99. The number of esters is 1. The van der Waals surface area contributed by atoms with Crippen LogP contribution in [0.2, 0.25) is 18.1 Å². The van der Waals surface area contributed by atoms with Gasteiger partial charge in [0.1, 0.15) is 23.7 Å². The fourth-order valence-electron chi connectivity index (χ4n) is 5.87. The summed E-state index contributed by atoms with van der Waals surface area (Å²) in [5, 5.41) is 0. The standard InChI is InChI=1S/C39H46O6SSi/c1-4-47(5-2,6-3)43-29-34-35(41-27-30-19-11-7-12-20-30)36(42-28-31-21-13-8-14-22-31)37(45-38(40)32-23-15-9-16-24-32)39(44-34)46-33-25-17-10-18-26-33/h7-26,34-37,39H,4-6,27-29H2,1-3H3/t34-,35-,36+,37-,39+/m1/s1. The first-order valence-electron chi connectivity index (χ1n) is 16.6. The molecule has 0 saturated carbocycles. The first-order chi connectivity index (χ1) is 23.0. The number of hydrogen-bond donors (Lipinski definition) is 0. The van der Waals surface area contributed by atoms with Crippen molar-refractivity contribution in [1.82, 2.24) is 0 Å². The molecule has 4 aromatic rings. The van der Waals surface area contributed by atoms with Crippen molar-refractivity contribution in [2.24, 2.45) is 0 Å². The van der Waals surface area contributed by atoms with Gasteiger partial charge in [-0.2, -0.15) is 0 Å². The summed E-state index contributed by atoms with van der Waals surface area (Å²) in [4.78, 5) is 14.7. The highest BCUT2D eigenvalue weighted by Crippen LogP contribution is 2.39. The summed E-state index contributed by atoms with van der Waals surface area (Å²) >= 11 is 1.53. The third kappa shape index (κ3) is 9.66. The molecule has 0 bridgehead atoms. The average Bonchev–Trinajstić information content (AvgIpc) is 3.13. The number of benzene rings is 4. The van der Waals surface area contributed by atoms with E-state index in [1.807, 2.05) is 109 Å². The minimum Gasteiger partial charge on any atom is -0.452 e. The molecule has 1 heterocycles. The largest absolute Gasteiger partial charge is 0.452 e. The molecule has 0 spiro atoms. The van der Waals surface area contributed by atoms with E-state index >= 15 is 0 Å². The van der Waals surface area contributed by atoms with Crippen LogP contribution in [0.25, 0.3) is 0 Å². The number of rotatable bonds is 16. The molecule has 0 unspecified atom stereocenters. The zero-order valence-corrected chi connectivity index (χ0v) is 29.4. The van der Waals surface area contributed by atoms with Crippen LogP contribution in [0, 0.1) is 0 Å². The van der Waals surface area contributed by atoms with E-state index in [9.17, 15) is 4.79 Å². The Kier molecular flexibility index (Phi) is 13.3. The molecule has 5 atom stereocenters. The first-order valence-corrected chi connectivity index (χ1v) is 20.0. The van der Waals surface area contributed by atoms with Gasteiger partial charge in [-0.25, -0.2) is 4.79 Å². The zero-order chi connectivity index (χ0) is 32.9. The van der Waals surface area contributed by atoms with Crippen molar-refractivity contribution in [3.05, 3.63) is 138 Å². The van der Waals surface area contributed by atoms with Crippen LogP contribution < -0.4 is 0 Å². The maximum absolute atomic E-state index is 13.7. The minimum atomic E-state index is -1.96. The molecule has 8 heteroatoms. The third-order valence-electron chi connectivity index (χ3n) is 8.90. The van der Waals surface area contributed by atoms with Crippen LogP contribution in [-0.2, 0) is 36.6 Å². The van der Waals surface area contributed by atoms with E-state index in [0.717, 1.165) is 34.2 Å². The van der Waals surface area contributed by atoms with Gasteiger partial charge in [0.2, 0.25) is 0 Å². The van der Waals surface area contributed by atoms with E-state index < -0.39 is 44.1 Å². The average molecular weight is 671 g/mol. The zero-order valence-electron chi connectivity index (χ0n) is 27.5. The van der Waals surface area contributed by atoms with E-state index in [2.05, 4.69) is 20.8 Å². The molecule has 0 amide bonds. The van der Waals surface area contributed by atoms with Gasteiger partial charge in [-0.05, 0) is 53.5 Å². The molecule has 47 heavy (non-hydrogen) atoms. The summed E-state index contributed by atoms with van der Waals surface area (Å²) in [7, 11) is -1.96. The van der Waals surface area contributed by atoms with Crippen LogP contribution in [0.5, 0.6) is 0 Å². The van der Waals surface area contributed by atoms with Crippen molar-refractivity contribution in [3.8, 4) is 0 Å². The molecule has 1 aliphatic heterocycles. The van der Waals surface area contributed by atoms with Crippen LogP contribution in [0.15, 0.2) is 126 Å². The van der Waals surface area contributed by atoms with E-state index in [4.69, 9.17) is 23.4 Å². The Morgan fingerprint density at radius 2 is 1.15 bits per heavy atom. The lowest BCUT2D eigenvalue weighted by atomic mass is 9.99. The molecule has 248 valence electrons. The molecule has 5 rings (SSSR count). The van der Waals surface area contributed by atoms with Crippen molar-refractivity contribution in [2.75, 3.05) is 6.61 Å². The summed E-state index contributed by atoms with van der Waals surface area (Å²) < 4.78 is 33.7. The van der Waals surface area contributed by atoms with E-state index in [1.54, 1.807) is 12.1 Å². The minimum absolute atomic E-state index is 0.323. The second-order valence-corrected chi connectivity index (χ2v) is 17.7. The number of ether oxygens (including phenoxy) is 4. The van der Waals surface area contributed by atoms with Gasteiger partial charge in [0.05, 0.1) is 25.4 Å². The smallest absolute Gasteiger partial charge is 0.338 e. The highest BCUT2D eigenvalue weighted by atomic mass is 32.2. The van der Waals surface area contributed by atoms with Crippen LogP contribution in [-0.4, -0.2) is 50.7 Å². The lowest BCUT2D eigenvalue weighted by molar-refractivity contribution is -0.238. The van der Waals surface area contributed by atoms with Crippen LogP contribution >= 0.6 is 11.8 Å². The number of carbonyl (C=O) groups excluding carboxylic acids is 1. The van der Waals surface area contributed by atoms with Gasteiger partial charge in [0.15, 0.2) is 14.4 Å². The Bertz CT molecular complexity index is 1460. The molecule has 0 radical (unpaired) electrons. The van der Waals surface area contributed by atoms with Crippen molar-refractivity contribution in [1.29, 1.82) is 0 Å². The molecular weight excluding hydrogens is 625 g/mol. The fraction of sp³-hybridized carbons (Fsp3) is 0.359. The van der Waals surface area contributed by atoms with Crippen molar-refractivity contribution < 1.29 is 28.2 Å². The molecule has 0 aromatic heterocycles. The summed E-state index contributed by atoms with van der Waals surface area (Å²) in [5.74, 6) is -0.433. The maximum atomic E-state index is 13.7. The Morgan fingerprint density at radius 1 is 0.660 bits per heavy atom. The molecular formula is C39H46O6SSi. The predicted octanol–water partition coefficient (Wildman–Crippen LogP) is 8.92. The van der Waals surface area contributed by atoms with Crippen molar-refractivity contribution in [2.45, 2.75) is 86.9 Å². The van der Waals surface area contributed by atoms with Gasteiger partial charge in [0.25, 0.3) is 0 Å². The number of thioether (sulfide) groups is 1. The number of carbonyl (C=O) groups is 1. The molecule has 0 N–H and O–H groups in total. The second-order valence-electron chi connectivity index (χ2n) is 11.8. The SMILES string of the molecule is CC[Si](CC)(CC)OC[C@H]1O[C@@H](Sc2ccccc2)[C@H](OC(=O)c2ccccc2)[C@@H](OCc2ccccc2)[C@@H]1OCc1ccccc1. The third-order valence-corrected chi connectivity index (χ3v) is 14.7.